The highest BCUT2D eigenvalue weighted by atomic mass is 35.5. The van der Waals surface area contributed by atoms with E-state index in [0.29, 0.717) is 41.2 Å². The number of carboxylic acid groups (broad SMARTS) is 1. The van der Waals surface area contributed by atoms with Gasteiger partial charge >= 0.3 is 11.9 Å². The molecule has 5 aliphatic carbocycles. The van der Waals surface area contributed by atoms with E-state index in [9.17, 15) is 29.1 Å². The van der Waals surface area contributed by atoms with E-state index in [4.69, 9.17) is 21.1 Å². The number of fused-ring (bicyclic) bond motifs is 7. The third-order valence-electron chi connectivity index (χ3n) is 18.6. The van der Waals surface area contributed by atoms with Crippen molar-refractivity contribution in [1.29, 1.82) is 0 Å². The van der Waals surface area contributed by atoms with Crippen LogP contribution in [0.5, 0.6) is 5.75 Å². The van der Waals surface area contributed by atoms with E-state index >= 15 is 0 Å². The number of carbonyl (C=O) groups excluding carboxylic acids is 4. The number of piperazine rings is 1. The summed E-state index contributed by atoms with van der Waals surface area (Å²) in [4.78, 5) is 72.8. The van der Waals surface area contributed by atoms with E-state index in [1.54, 1.807) is 45.9 Å². The summed E-state index contributed by atoms with van der Waals surface area (Å²) in [6.45, 7) is 27.7. The zero-order valence-corrected chi connectivity index (χ0v) is 42.8. The van der Waals surface area contributed by atoms with Crippen molar-refractivity contribution in [3.8, 4) is 5.75 Å². The Hall–Kier alpha value is -3.48. The fraction of sp³-hybridized carbons (Fsp3) is 0.755. The zero-order chi connectivity index (χ0) is 48.6. The van der Waals surface area contributed by atoms with Gasteiger partial charge in [0, 0.05) is 49.6 Å². The van der Waals surface area contributed by atoms with E-state index in [1.807, 2.05) is 0 Å². The minimum atomic E-state index is -1.33. The van der Waals surface area contributed by atoms with Gasteiger partial charge in [0.15, 0.2) is 5.78 Å². The molecule has 0 bridgehead atoms. The molecule has 66 heavy (non-hydrogen) atoms. The summed E-state index contributed by atoms with van der Waals surface area (Å²) in [6, 6.07) is 4.95. The van der Waals surface area contributed by atoms with Gasteiger partial charge in [-0.15, -0.1) is 0 Å². The Morgan fingerprint density at radius 1 is 0.894 bits per heavy atom. The second kappa shape index (κ2) is 17.8. The van der Waals surface area contributed by atoms with Crippen molar-refractivity contribution >= 4 is 41.1 Å². The largest absolute Gasteiger partial charge is 0.491 e. The van der Waals surface area contributed by atoms with Crippen LogP contribution in [0.25, 0.3) is 0 Å². The first-order chi connectivity index (χ1) is 30.6. The van der Waals surface area contributed by atoms with Crippen LogP contribution in [0.15, 0.2) is 29.3 Å². The molecule has 0 radical (unpaired) electrons. The lowest BCUT2D eigenvalue weighted by atomic mass is 9.33. The fourth-order valence-electron chi connectivity index (χ4n) is 14.5. The SMILES string of the molecule is CC(C)C1=C2[C@H]3CC[C@@H]4[C@@]5(C)CC[C@H](OC(=O)CC(C)(C)C(=O)O)C(C)(C)[C@@H]5CC[C@@]4(C)[C@]3(C)CC[C@@]2(NC(=O)C(C)(C)NC(=O)c2ccc(Cl)cc2OCCN2CCN(C)CC2)CC1=O. The number of carboxylic acids is 1. The lowest BCUT2D eigenvalue weighted by Gasteiger charge is -2.72. The summed E-state index contributed by atoms with van der Waals surface area (Å²) >= 11 is 6.40. The van der Waals surface area contributed by atoms with E-state index in [1.165, 1.54) is 0 Å². The lowest BCUT2D eigenvalue weighted by Crippen LogP contribution is -2.68. The highest BCUT2D eigenvalue weighted by Crippen LogP contribution is 2.76. The number of likely N-dealkylation sites (N-methyl/N-ethyl adjacent to an activating group) is 1. The van der Waals surface area contributed by atoms with E-state index in [2.05, 4.69) is 75.9 Å². The number of benzene rings is 1. The zero-order valence-electron chi connectivity index (χ0n) is 42.0. The van der Waals surface area contributed by atoms with E-state index < -0.39 is 34.3 Å². The van der Waals surface area contributed by atoms with Crippen LogP contribution in [0.2, 0.25) is 5.02 Å². The Morgan fingerprint density at radius 3 is 2.23 bits per heavy atom. The number of allylic oxidation sites excluding steroid dienone is 1. The number of esters is 1. The number of amides is 2. The van der Waals surface area contributed by atoms with Gasteiger partial charge in [0.05, 0.1) is 22.9 Å². The normalized spacial score (nSPS) is 33.6. The number of ketones is 1. The van der Waals surface area contributed by atoms with Crippen LogP contribution >= 0.6 is 11.6 Å². The summed E-state index contributed by atoms with van der Waals surface area (Å²) in [5.74, 6) is -0.978. The number of nitrogens with one attached hydrogen (secondary N) is 2. The topological polar surface area (TPSA) is 155 Å². The summed E-state index contributed by atoms with van der Waals surface area (Å²) in [5.41, 5.74) is -1.61. The number of hydrogen-bond donors (Lipinski definition) is 3. The van der Waals surface area contributed by atoms with Crippen LogP contribution in [-0.4, -0.2) is 108 Å². The molecule has 13 heteroatoms. The van der Waals surface area contributed by atoms with Crippen LogP contribution in [-0.2, 0) is 23.9 Å². The number of ether oxygens (including phenoxy) is 2. The van der Waals surface area contributed by atoms with Gasteiger partial charge in [-0.1, -0.05) is 60.1 Å². The molecule has 1 saturated heterocycles. The number of halogens is 1. The first-order valence-electron chi connectivity index (χ1n) is 24.8. The van der Waals surface area contributed by atoms with Gasteiger partial charge < -0.3 is 30.1 Å². The van der Waals surface area contributed by atoms with E-state index in [-0.39, 0.29) is 64.1 Å². The number of aliphatic carboxylic acids is 1. The first-order valence-corrected chi connectivity index (χ1v) is 25.2. The van der Waals surface area contributed by atoms with Crippen molar-refractivity contribution in [2.24, 2.45) is 50.7 Å². The molecule has 8 atom stereocenters. The molecule has 2 amide bonds. The molecule has 12 nitrogen and oxygen atoms in total. The molecular weight excluding hydrogens is 856 g/mol. The minimum absolute atomic E-state index is 0.0143. The highest BCUT2D eigenvalue weighted by molar-refractivity contribution is 6.30. The molecule has 7 rings (SSSR count). The lowest BCUT2D eigenvalue weighted by molar-refractivity contribution is -0.232. The fourth-order valence-corrected chi connectivity index (χ4v) is 14.7. The van der Waals surface area contributed by atoms with Crippen molar-refractivity contribution in [2.45, 2.75) is 158 Å². The molecule has 5 fully saturated rings. The molecule has 1 aromatic rings. The maximum absolute atomic E-state index is 14.7. The Morgan fingerprint density at radius 2 is 1.58 bits per heavy atom. The Labute approximate surface area is 399 Å². The Balaban J connectivity index is 1.09. The molecule has 366 valence electrons. The smallest absolute Gasteiger partial charge is 0.309 e. The summed E-state index contributed by atoms with van der Waals surface area (Å²) in [6.07, 6.45) is 6.78. The highest BCUT2D eigenvalue weighted by Gasteiger charge is 2.70. The molecular formula is C53H79ClN4O8. The van der Waals surface area contributed by atoms with Crippen molar-refractivity contribution in [3.63, 3.8) is 0 Å². The molecule has 1 heterocycles. The van der Waals surface area contributed by atoms with Gasteiger partial charge in [-0.05, 0) is 155 Å². The van der Waals surface area contributed by atoms with Crippen LogP contribution < -0.4 is 15.4 Å². The van der Waals surface area contributed by atoms with Crippen LogP contribution in [0.3, 0.4) is 0 Å². The number of carbonyl (C=O) groups is 5. The van der Waals surface area contributed by atoms with Gasteiger partial charge in [-0.2, -0.15) is 0 Å². The van der Waals surface area contributed by atoms with Crippen molar-refractivity contribution in [3.05, 3.63) is 39.9 Å². The average molecular weight is 936 g/mol. The molecule has 6 aliphatic rings. The predicted molar refractivity (Wildman–Crippen MR) is 256 cm³/mol. The minimum Gasteiger partial charge on any atom is -0.491 e. The second-order valence-electron chi connectivity index (χ2n) is 24.2. The number of hydrogen-bond acceptors (Lipinski definition) is 9. The molecule has 0 spiro atoms. The number of rotatable bonds is 13. The van der Waals surface area contributed by atoms with Gasteiger partial charge in [0.1, 0.15) is 24.0 Å². The van der Waals surface area contributed by atoms with Crippen LogP contribution in [0, 0.1) is 50.7 Å². The predicted octanol–water partition coefficient (Wildman–Crippen LogP) is 8.74. The third-order valence-corrected chi connectivity index (χ3v) is 18.8. The summed E-state index contributed by atoms with van der Waals surface area (Å²) < 4.78 is 12.4. The van der Waals surface area contributed by atoms with Crippen LogP contribution in [0.1, 0.15) is 151 Å². The Bertz CT molecular complexity index is 2140. The Kier molecular flexibility index (Phi) is 13.6. The maximum Gasteiger partial charge on any atom is 0.309 e. The van der Waals surface area contributed by atoms with Crippen molar-refractivity contribution < 1.29 is 38.6 Å². The molecule has 4 saturated carbocycles. The second-order valence-corrected chi connectivity index (χ2v) is 24.6. The molecule has 3 N–H and O–H groups in total. The van der Waals surface area contributed by atoms with E-state index in [0.717, 1.165) is 88.8 Å². The molecule has 1 aromatic carbocycles. The number of nitrogens with zero attached hydrogens (tertiary/aromatic N) is 2. The van der Waals surface area contributed by atoms with Crippen LogP contribution in [0.4, 0.5) is 0 Å². The number of Topliss-reactive ketones (excluding diaryl/α,β-unsaturated/α-hetero) is 1. The monoisotopic (exact) mass is 935 g/mol. The summed E-state index contributed by atoms with van der Waals surface area (Å²) in [5, 5.41) is 16.6. The quantitative estimate of drug-likeness (QED) is 0.164. The molecule has 0 aromatic heterocycles. The summed E-state index contributed by atoms with van der Waals surface area (Å²) in [7, 11) is 2.12. The molecule has 1 aliphatic heterocycles. The van der Waals surface area contributed by atoms with Gasteiger partial charge in [0.25, 0.3) is 5.91 Å². The maximum atomic E-state index is 14.7. The van der Waals surface area contributed by atoms with Crippen molar-refractivity contribution in [2.75, 3.05) is 46.4 Å². The average Bonchev–Trinajstić information content (AvgIpc) is 3.51. The van der Waals surface area contributed by atoms with Gasteiger partial charge in [-0.3, -0.25) is 28.9 Å². The van der Waals surface area contributed by atoms with Gasteiger partial charge in [0.2, 0.25) is 5.91 Å². The van der Waals surface area contributed by atoms with Crippen molar-refractivity contribution in [1.82, 2.24) is 20.4 Å². The molecule has 0 unspecified atom stereocenters. The van der Waals surface area contributed by atoms with Gasteiger partial charge in [-0.25, -0.2) is 0 Å². The third kappa shape index (κ3) is 8.75. The standard InChI is InChI=1S/C53H79ClN4O8/c1-32(2)42-36(59)30-53(56-45(62)49(7,8)55-44(61)34-14-13-33(54)29-37(34)65-28-27-58-25-23-57(12)24-26-58)22-21-51(10)35(43(42)53)15-16-39-50(9)19-18-40(66-41(60)31-47(3,4)46(63)64)48(5,6)38(50)17-20-52(39,51)11/h13-14,29,32,35,38-40H,15-28,30-31H2,1-12H3,(H,55,61)(H,56,62)(H,63,64)/t35-,38+,39-,40+,50+,51-,52-,53-/m1/s1. The first kappa shape index (κ1) is 50.4.